The molecule has 2 rings (SSSR count). The Morgan fingerprint density at radius 1 is 1.59 bits per heavy atom. The third-order valence-corrected chi connectivity index (χ3v) is 2.95. The maximum atomic E-state index is 11.2. The minimum Gasteiger partial charge on any atom is -0.477 e. The summed E-state index contributed by atoms with van der Waals surface area (Å²) in [6, 6.07) is 7.09. The van der Waals surface area contributed by atoms with E-state index in [1.165, 1.54) is 4.57 Å². The van der Waals surface area contributed by atoms with Gasteiger partial charge in [-0.25, -0.2) is 4.79 Å². The van der Waals surface area contributed by atoms with Gasteiger partial charge in [-0.1, -0.05) is 11.6 Å². The van der Waals surface area contributed by atoms with Crippen molar-refractivity contribution >= 4 is 28.5 Å². The van der Waals surface area contributed by atoms with Crippen molar-refractivity contribution in [3.8, 4) is 6.07 Å². The minimum atomic E-state index is -1.04. The number of fused-ring (bicyclic) bond motifs is 1. The summed E-state index contributed by atoms with van der Waals surface area (Å²) in [5.41, 5.74) is 1.49. The van der Waals surface area contributed by atoms with Crippen LogP contribution in [0.3, 0.4) is 0 Å². The lowest BCUT2D eigenvalue weighted by Crippen LogP contribution is -2.08. The maximum absolute atomic E-state index is 11.2. The van der Waals surface area contributed by atoms with Crippen LogP contribution in [0, 0.1) is 18.3 Å². The Balaban J connectivity index is 2.88. The summed E-state index contributed by atoms with van der Waals surface area (Å²) in [4.78, 5) is 11.2. The molecule has 0 aliphatic heterocycles. The molecular weight excluding hydrogens is 240 g/mol. The van der Waals surface area contributed by atoms with Gasteiger partial charge in [-0.15, -0.1) is 0 Å². The summed E-state index contributed by atoms with van der Waals surface area (Å²) in [5, 5.41) is 19.3. The predicted molar refractivity (Wildman–Crippen MR) is 64.3 cm³/mol. The molecule has 17 heavy (non-hydrogen) atoms. The Labute approximate surface area is 103 Å². The first-order valence-corrected chi connectivity index (χ1v) is 5.32. The van der Waals surface area contributed by atoms with E-state index in [9.17, 15) is 9.90 Å². The first-order valence-electron chi connectivity index (χ1n) is 4.95. The molecule has 5 heteroatoms. The SMILES string of the molecule is Cc1c(C(=O)O)n(CC#N)c2ccc(Cl)cc12. The van der Waals surface area contributed by atoms with Gasteiger partial charge in [-0.05, 0) is 30.7 Å². The first-order chi connectivity index (χ1) is 8.06. The highest BCUT2D eigenvalue weighted by molar-refractivity contribution is 6.31. The number of nitriles is 1. The highest BCUT2D eigenvalue weighted by Gasteiger charge is 2.19. The molecule has 1 aromatic heterocycles. The molecule has 0 spiro atoms. The summed E-state index contributed by atoms with van der Waals surface area (Å²) < 4.78 is 1.49. The van der Waals surface area contributed by atoms with Crippen molar-refractivity contribution in [2.24, 2.45) is 0 Å². The van der Waals surface area contributed by atoms with Gasteiger partial charge >= 0.3 is 5.97 Å². The number of aromatic carboxylic acids is 1. The topological polar surface area (TPSA) is 66.0 Å². The molecule has 0 atom stereocenters. The van der Waals surface area contributed by atoms with Gasteiger partial charge in [0.25, 0.3) is 0 Å². The molecule has 0 radical (unpaired) electrons. The van der Waals surface area contributed by atoms with Crippen molar-refractivity contribution in [3.63, 3.8) is 0 Å². The zero-order valence-electron chi connectivity index (χ0n) is 9.07. The van der Waals surface area contributed by atoms with E-state index in [-0.39, 0.29) is 12.2 Å². The van der Waals surface area contributed by atoms with E-state index in [0.29, 0.717) is 16.1 Å². The third-order valence-electron chi connectivity index (χ3n) is 2.71. The van der Waals surface area contributed by atoms with Gasteiger partial charge in [0, 0.05) is 10.4 Å². The predicted octanol–water partition coefficient (Wildman–Crippen LogP) is 2.82. The maximum Gasteiger partial charge on any atom is 0.352 e. The highest BCUT2D eigenvalue weighted by atomic mass is 35.5. The molecule has 4 nitrogen and oxygen atoms in total. The van der Waals surface area contributed by atoms with Crippen LogP contribution in [0.15, 0.2) is 18.2 Å². The van der Waals surface area contributed by atoms with Crippen LogP contribution in [-0.4, -0.2) is 15.6 Å². The lowest BCUT2D eigenvalue weighted by molar-refractivity contribution is 0.0685. The second-order valence-electron chi connectivity index (χ2n) is 3.68. The average molecular weight is 249 g/mol. The molecule has 0 amide bonds. The number of rotatable bonds is 2. The fourth-order valence-electron chi connectivity index (χ4n) is 2.01. The molecule has 2 aromatic rings. The van der Waals surface area contributed by atoms with Crippen LogP contribution in [0.2, 0.25) is 5.02 Å². The van der Waals surface area contributed by atoms with Crippen molar-refractivity contribution in [1.29, 1.82) is 5.26 Å². The van der Waals surface area contributed by atoms with Gasteiger partial charge in [0.05, 0.1) is 11.6 Å². The van der Waals surface area contributed by atoms with Gasteiger partial charge in [-0.2, -0.15) is 5.26 Å². The summed E-state index contributed by atoms with van der Waals surface area (Å²) >= 11 is 5.89. The normalized spacial score (nSPS) is 10.4. The van der Waals surface area contributed by atoms with E-state index in [1.54, 1.807) is 25.1 Å². The summed E-state index contributed by atoms with van der Waals surface area (Å²) in [6.07, 6.45) is 0. The molecule has 0 unspecified atom stereocenters. The molecule has 86 valence electrons. The molecule has 0 aliphatic rings. The number of halogens is 1. The second-order valence-corrected chi connectivity index (χ2v) is 4.12. The average Bonchev–Trinajstić information content (AvgIpc) is 2.53. The van der Waals surface area contributed by atoms with Gasteiger partial charge in [0.2, 0.25) is 0 Å². The molecule has 0 fully saturated rings. The molecule has 1 aromatic carbocycles. The third kappa shape index (κ3) is 1.75. The van der Waals surface area contributed by atoms with E-state index >= 15 is 0 Å². The molecule has 0 saturated heterocycles. The Kier molecular flexibility index (Phi) is 2.78. The minimum absolute atomic E-state index is 0.00755. The molecule has 0 aliphatic carbocycles. The van der Waals surface area contributed by atoms with E-state index in [2.05, 4.69) is 0 Å². The number of benzene rings is 1. The van der Waals surface area contributed by atoms with E-state index < -0.39 is 5.97 Å². The van der Waals surface area contributed by atoms with Crippen LogP contribution in [0.4, 0.5) is 0 Å². The van der Waals surface area contributed by atoms with Crippen molar-refractivity contribution in [2.75, 3.05) is 0 Å². The van der Waals surface area contributed by atoms with E-state index in [4.69, 9.17) is 16.9 Å². The Morgan fingerprint density at radius 3 is 2.88 bits per heavy atom. The van der Waals surface area contributed by atoms with Crippen LogP contribution in [0.25, 0.3) is 10.9 Å². The van der Waals surface area contributed by atoms with Crippen molar-refractivity contribution in [2.45, 2.75) is 13.5 Å². The second kappa shape index (κ2) is 4.11. The van der Waals surface area contributed by atoms with Crippen LogP contribution in [-0.2, 0) is 6.54 Å². The Bertz CT molecular complexity index is 653. The van der Waals surface area contributed by atoms with E-state index in [0.717, 1.165) is 5.39 Å². The number of carboxylic acids is 1. The zero-order valence-corrected chi connectivity index (χ0v) is 9.82. The monoisotopic (exact) mass is 248 g/mol. The number of aromatic nitrogens is 1. The van der Waals surface area contributed by atoms with Crippen LogP contribution >= 0.6 is 11.6 Å². The molecule has 0 bridgehead atoms. The van der Waals surface area contributed by atoms with Crippen molar-refractivity contribution in [1.82, 2.24) is 4.57 Å². The van der Waals surface area contributed by atoms with Gasteiger partial charge in [0.15, 0.2) is 0 Å². The molecule has 1 heterocycles. The van der Waals surface area contributed by atoms with Crippen LogP contribution in [0.1, 0.15) is 16.1 Å². The number of carbonyl (C=O) groups is 1. The van der Waals surface area contributed by atoms with Gasteiger partial charge < -0.3 is 9.67 Å². The number of carboxylic acid groups (broad SMARTS) is 1. The molecule has 1 N–H and O–H groups in total. The Hall–Kier alpha value is -1.99. The molecule has 0 saturated carbocycles. The first kappa shape index (κ1) is 11.5. The van der Waals surface area contributed by atoms with Crippen molar-refractivity contribution in [3.05, 3.63) is 34.5 Å². The smallest absolute Gasteiger partial charge is 0.352 e. The standard InChI is InChI=1S/C12H9ClN2O2/c1-7-9-6-8(13)2-3-10(9)15(5-4-14)11(7)12(16)17/h2-3,6H,5H2,1H3,(H,16,17). The number of hydrogen-bond acceptors (Lipinski definition) is 2. The lowest BCUT2D eigenvalue weighted by atomic mass is 10.1. The number of aryl methyl sites for hydroxylation is 1. The number of nitrogens with zero attached hydrogens (tertiary/aromatic N) is 2. The number of hydrogen-bond donors (Lipinski definition) is 1. The van der Waals surface area contributed by atoms with Crippen LogP contribution in [0.5, 0.6) is 0 Å². The van der Waals surface area contributed by atoms with Crippen molar-refractivity contribution < 1.29 is 9.90 Å². The fourth-order valence-corrected chi connectivity index (χ4v) is 2.18. The van der Waals surface area contributed by atoms with E-state index in [1.807, 2.05) is 6.07 Å². The van der Waals surface area contributed by atoms with Gasteiger partial charge in [-0.3, -0.25) is 0 Å². The lowest BCUT2D eigenvalue weighted by Gasteiger charge is -2.02. The molecular formula is C12H9ClN2O2. The van der Waals surface area contributed by atoms with Crippen LogP contribution < -0.4 is 0 Å². The zero-order chi connectivity index (χ0) is 12.6. The highest BCUT2D eigenvalue weighted by Crippen LogP contribution is 2.28. The summed E-state index contributed by atoms with van der Waals surface area (Å²) in [5.74, 6) is -1.04. The summed E-state index contributed by atoms with van der Waals surface area (Å²) in [6.45, 7) is 1.73. The quantitative estimate of drug-likeness (QED) is 0.889. The fraction of sp³-hybridized carbons (Fsp3) is 0.167. The Morgan fingerprint density at radius 2 is 2.29 bits per heavy atom. The largest absolute Gasteiger partial charge is 0.477 e. The summed E-state index contributed by atoms with van der Waals surface area (Å²) in [7, 11) is 0. The van der Waals surface area contributed by atoms with Gasteiger partial charge in [0.1, 0.15) is 12.2 Å².